The number of nitriles is 1. The molecule has 13 nitrogen and oxygen atoms in total. The largest absolute Gasteiger partial charge is 0.368 e. The molecular formula is C18H19N7O6S3. The molecule has 0 bridgehead atoms. The molecule has 2 heterocycles. The highest BCUT2D eigenvalue weighted by Crippen LogP contribution is 2.37. The third kappa shape index (κ3) is 6.80. The number of azo groups is 1. The lowest BCUT2D eigenvalue weighted by Gasteiger charge is -2.15. The van der Waals surface area contributed by atoms with Crippen LogP contribution in [0.5, 0.6) is 0 Å². The Labute approximate surface area is 202 Å². The van der Waals surface area contributed by atoms with E-state index in [9.17, 15) is 13.7 Å². The Hall–Kier alpha value is -2.91. The predicted octanol–water partition coefficient (Wildman–Crippen LogP) is 4.07. The third-order valence-corrected chi connectivity index (χ3v) is 6.35. The van der Waals surface area contributed by atoms with Gasteiger partial charge in [0, 0.05) is 41.8 Å². The minimum Gasteiger partial charge on any atom is -0.368 e. The average Bonchev–Trinajstić information content (AvgIpc) is 3.21. The van der Waals surface area contributed by atoms with Crippen LogP contribution in [0.1, 0.15) is 11.1 Å². The molecule has 0 aliphatic heterocycles. The second-order valence-corrected chi connectivity index (χ2v) is 9.68. The predicted molar refractivity (Wildman–Crippen MR) is 128 cm³/mol. The van der Waals surface area contributed by atoms with Crippen LogP contribution >= 0.6 is 23.6 Å². The average molecular weight is 526 g/mol. The molecule has 0 radical (unpaired) electrons. The SMILES string of the molecule is Cc1c(C#N)c(NCCS(=O)(=O)O)nc(NCCSOOO)c1N=Nc1snc2ccccc12. The number of fused-ring (bicyclic) bond motifs is 1. The van der Waals surface area contributed by atoms with Gasteiger partial charge in [0.15, 0.2) is 10.8 Å². The van der Waals surface area contributed by atoms with Crippen LogP contribution in [-0.4, -0.2) is 52.2 Å². The summed E-state index contributed by atoms with van der Waals surface area (Å²) in [6, 6.07) is 9.52. The van der Waals surface area contributed by atoms with Gasteiger partial charge in [-0.2, -0.15) is 18.1 Å². The van der Waals surface area contributed by atoms with E-state index in [1.54, 1.807) is 6.92 Å². The summed E-state index contributed by atoms with van der Waals surface area (Å²) >= 11 is 2.02. The maximum Gasteiger partial charge on any atom is 0.266 e. The van der Waals surface area contributed by atoms with Crippen molar-refractivity contribution in [1.82, 2.24) is 9.36 Å². The van der Waals surface area contributed by atoms with Gasteiger partial charge in [0.25, 0.3) is 10.1 Å². The zero-order valence-electron chi connectivity index (χ0n) is 17.6. The van der Waals surface area contributed by atoms with Crippen LogP contribution < -0.4 is 10.6 Å². The van der Waals surface area contributed by atoms with Gasteiger partial charge < -0.3 is 10.6 Å². The second kappa shape index (κ2) is 12.0. The highest BCUT2D eigenvalue weighted by molar-refractivity contribution is 7.94. The molecule has 0 amide bonds. The second-order valence-electron chi connectivity index (χ2n) is 6.58. The van der Waals surface area contributed by atoms with Crippen molar-refractivity contribution in [3.8, 4) is 6.07 Å². The van der Waals surface area contributed by atoms with Crippen LogP contribution in [0.3, 0.4) is 0 Å². The number of aromatic nitrogens is 2. The van der Waals surface area contributed by atoms with E-state index < -0.39 is 15.9 Å². The van der Waals surface area contributed by atoms with Crippen LogP contribution in [0.25, 0.3) is 10.9 Å². The molecule has 1 aromatic carbocycles. The Morgan fingerprint density at radius 1 is 1.24 bits per heavy atom. The molecule has 0 unspecified atom stereocenters. The fraction of sp³-hybridized carbons (Fsp3) is 0.278. The molecule has 34 heavy (non-hydrogen) atoms. The third-order valence-electron chi connectivity index (χ3n) is 4.34. The van der Waals surface area contributed by atoms with Gasteiger partial charge in [0.2, 0.25) is 0 Å². The van der Waals surface area contributed by atoms with E-state index in [-0.39, 0.29) is 23.7 Å². The van der Waals surface area contributed by atoms with Crippen LogP contribution in [-0.2, 0) is 19.5 Å². The normalized spacial score (nSPS) is 11.7. The topological polar surface area (TPSA) is 191 Å². The molecule has 0 fully saturated rings. The maximum atomic E-state index is 11.0. The highest BCUT2D eigenvalue weighted by Gasteiger charge is 2.18. The van der Waals surface area contributed by atoms with Crippen molar-refractivity contribution in [3.63, 3.8) is 0 Å². The molecule has 16 heteroatoms. The number of nitrogens with zero attached hydrogens (tertiary/aromatic N) is 5. The summed E-state index contributed by atoms with van der Waals surface area (Å²) in [5.74, 6) is 0.184. The minimum absolute atomic E-state index is 0.121. The van der Waals surface area contributed by atoms with Gasteiger partial charge in [0.05, 0.1) is 16.8 Å². The summed E-state index contributed by atoms with van der Waals surface area (Å²) in [5, 5.41) is 37.3. The van der Waals surface area contributed by atoms with E-state index in [0.717, 1.165) is 22.9 Å². The molecule has 4 N–H and O–H groups in total. The van der Waals surface area contributed by atoms with Crippen LogP contribution in [0.2, 0.25) is 0 Å². The van der Waals surface area contributed by atoms with Crippen molar-refractivity contribution in [2.45, 2.75) is 6.92 Å². The Kier molecular flexibility index (Phi) is 9.06. The van der Waals surface area contributed by atoms with Crippen LogP contribution in [0.4, 0.5) is 22.3 Å². The highest BCUT2D eigenvalue weighted by atomic mass is 32.2. The van der Waals surface area contributed by atoms with E-state index in [0.29, 0.717) is 28.5 Å². The molecule has 2 aromatic heterocycles. The fourth-order valence-electron chi connectivity index (χ4n) is 2.81. The molecule has 0 saturated carbocycles. The molecule has 0 atom stereocenters. The number of nitrogens with one attached hydrogen (secondary N) is 2. The lowest BCUT2D eigenvalue weighted by molar-refractivity contribution is -0.432. The molecule has 0 aliphatic rings. The van der Waals surface area contributed by atoms with Crippen molar-refractivity contribution in [3.05, 3.63) is 35.4 Å². The van der Waals surface area contributed by atoms with E-state index in [1.807, 2.05) is 30.3 Å². The summed E-state index contributed by atoms with van der Waals surface area (Å²) in [4.78, 5) is 4.39. The first-order valence-electron chi connectivity index (χ1n) is 9.57. The van der Waals surface area contributed by atoms with Crippen LogP contribution in [0.15, 0.2) is 34.5 Å². The standard InChI is InChI=1S/C18H19N7O6S3/c1-11-13(10-19)16(21-7-9-34(27,28)29)22-17(20-6-8-32-31-30-26)15(11)23-24-18-12-4-2-3-5-14(12)25-33-18/h2-5,26H,6-9H2,1H3,(H2,20,21,22)(H,27,28,29). The Bertz CT molecular complexity index is 1320. The van der Waals surface area contributed by atoms with Gasteiger partial charge >= 0.3 is 0 Å². The number of pyridine rings is 1. The first-order chi connectivity index (χ1) is 16.3. The molecule has 0 spiro atoms. The smallest absolute Gasteiger partial charge is 0.266 e. The fourth-order valence-corrected chi connectivity index (χ4v) is 4.16. The van der Waals surface area contributed by atoms with Crippen molar-refractivity contribution in [1.29, 1.82) is 5.26 Å². The molecule has 0 aliphatic carbocycles. The number of anilines is 2. The number of hydrogen-bond donors (Lipinski definition) is 4. The van der Waals surface area contributed by atoms with Gasteiger partial charge in [-0.25, -0.2) is 10.2 Å². The molecule has 3 aromatic rings. The number of rotatable bonds is 12. The zero-order chi connectivity index (χ0) is 24.6. The van der Waals surface area contributed by atoms with Gasteiger partial charge in [-0.1, -0.05) is 17.2 Å². The summed E-state index contributed by atoms with van der Waals surface area (Å²) in [6.07, 6.45) is 0. The molecule has 180 valence electrons. The summed E-state index contributed by atoms with van der Waals surface area (Å²) in [5.41, 5.74) is 1.69. The van der Waals surface area contributed by atoms with Gasteiger partial charge in [-0.3, -0.25) is 4.55 Å². The molecule has 0 saturated heterocycles. The van der Waals surface area contributed by atoms with E-state index >= 15 is 0 Å². The number of hydrogen-bond acceptors (Lipinski definition) is 14. The van der Waals surface area contributed by atoms with E-state index in [4.69, 9.17) is 9.81 Å². The summed E-state index contributed by atoms with van der Waals surface area (Å²) in [6.45, 7) is 1.81. The van der Waals surface area contributed by atoms with Gasteiger partial charge in [-0.05, 0) is 30.6 Å². The molecular weight excluding hydrogens is 506 g/mol. The summed E-state index contributed by atoms with van der Waals surface area (Å²) < 4.78 is 39.7. The summed E-state index contributed by atoms with van der Waals surface area (Å²) in [7, 11) is -4.19. The van der Waals surface area contributed by atoms with Crippen molar-refractivity contribution < 1.29 is 27.6 Å². The zero-order valence-corrected chi connectivity index (χ0v) is 20.1. The van der Waals surface area contributed by atoms with Crippen molar-refractivity contribution in [2.24, 2.45) is 10.2 Å². The Morgan fingerprint density at radius 2 is 2.00 bits per heavy atom. The monoisotopic (exact) mass is 525 g/mol. The quantitative estimate of drug-likeness (QED) is 0.0662. The van der Waals surface area contributed by atoms with Gasteiger partial charge in [0.1, 0.15) is 17.6 Å². The minimum atomic E-state index is -4.19. The maximum absolute atomic E-state index is 11.0. The van der Waals surface area contributed by atoms with Crippen LogP contribution in [0, 0.1) is 18.3 Å². The lowest BCUT2D eigenvalue weighted by Crippen LogP contribution is -2.17. The van der Waals surface area contributed by atoms with E-state index in [1.165, 1.54) is 11.5 Å². The van der Waals surface area contributed by atoms with Crippen molar-refractivity contribution in [2.75, 3.05) is 35.2 Å². The van der Waals surface area contributed by atoms with Gasteiger partial charge in [-0.15, -0.1) is 14.6 Å². The first-order valence-corrected chi connectivity index (χ1v) is 12.9. The Morgan fingerprint density at radius 3 is 2.74 bits per heavy atom. The van der Waals surface area contributed by atoms with Crippen molar-refractivity contribution >= 4 is 66.9 Å². The Balaban J connectivity index is 1.95. The lowest BCUT2D eigenvalue weighted by atomic mass is 10.1. The molecule has 3 rings (SSSR count). The van der Waals surface area contributed by atoms with E-state index in [2.05, 4.69) is 39.6 Å². The number of benzene rings is 1. The first kappa shape index (κ1) is 25.7.